The van der Waals surface area contributed by atoms with Crippen LogP contribution in [0.1, 0.15) is 11.1 Å². The standard InChI is InChI=1S/C17H15ClN2O3S/c1-12-2-6-14(7-3-12)16-10-19-23-17(16)20-24(21,22)11-13-4-8-15(18)9-5-13/h2-10,20H,11H2,1H3. The lowest BCUT2D eigenvalue weighted by Gasteiger charge is -2.07. The largest absolute Gasteiger partial charge is 0.337 e. The molecule has 1 heterocycles. The van der Waals surface area contributed by atoms with Crippen molar-refractivity contribution in [2.45, 2.75) is 12.7 Å². The number of nitrogens with zero attached hydrogens (tertiary/aromatic N) is 1. The molecule has 3 rings (SSSR count). The van der Waals surface area contributed by atoms with Gasteiger partial charge in [0.15, 0.2) is 0 Å². The Hall–Kier alpha value is -2.31. The summed E-state index contributed by atoms with van der Waals surface area (Å²) >= 11 is 5.81. The van der Waals surface area contributed by atoms with E-state index in [1.165, 1.54) is 6.20 Å². The smallest absolute Gasteiger partial charge is 0.245 e. The molecule has 0 aliphatic rings. The Morgan fingerprint density at radius 1 is 1.08 bits per heavy atom. The van der Waals surface area contributed by atoms with Crippen LogP contribution in [0.5, 0.6) is 0 Å². The highest BCUT2D eigenvalue weighted by molar-refractivity contribution is 7.91. The van der Waals surface area contributed by atoms with Gasteiger partial charge in [0.1, 0.15) is 0 Å². The van der Waals surface area contributed by atoms with Gasteiger partial charge in [-0.1, -0.05) is 58.7 Å². The van der Waals surface area contributed by atoms with E-state index in [1.807, 2.05) is 31.2 Å². The molecule has 1 N–H and O–H groups in total. The molecule has 0 atom stereocenters. The molecule has 3 aromatic rings. The van der Waals surface area contributed by atoms with E-state index in [-0.39, 0.29) is 11.6 Å². The van der Waals surface area contributed by atoms with Crippen molar-refractivity contribution in [2.24, 2.45) is 0 Å². The van der Waals surface area contributed by atoms with Gasteiger partial charge in [-0.25, -0.2) is 8.42 Å². The second-order valence-electron chi connectivity index (χ2n) is 5.42. The van der Waals surface area contributed by atoms with E-state index < -0.39 is 10.0 Å². The number of hydrogen-bond acceptors (Lipinski definition) is 4. The van der Waals surface area contributed by atoms with Crippen LogP contribution < -0.4 is 4.72 Å². The fourth-order valence-corrected chi connectivity index (χ4v) is 3.49. The monoisotopic (exact) mass is 362 g/mol. The molecular formula is C17H15ClN2O3S. The Balaban J connectivity index is 1.82. The molecule has 0 amide bonds. The summed E-state index contributed by atoms with van der Waals surface area (Å²) in [6.07, 6.45) is 1.49. The number of nitrogens with one attached hydrogen (secondary N) is 1. The number of anilines is 1. The maximum atomic E-state index is 12.4. The molecule has 7 heteroatoms. The quantitative estimate of drug-likeness (QED) is 0.736. The number of aromatic nitrogens is 1. The highest BCUT2D eigenvalue weighted by atomic mass is 35.5. The minimum absolute atomic E-state index is 0.104. The zero-order chi connectivity index (χ0) is 17.2. The molecule has 0 saturated heterocycles. The van der Waals surface area contributed by atoms with Gasteiger partial charge in [0.2, 0.25) is 15.9 Å². The Morgan fingerprint density at radius 3 is 2.42 bits per heavy atom. The molecule has 0 saturated carbocycles. The third-order valence-electron chi connectivity index (χ3n) is 3.45. The number of rotatable bonds is 5. The maximum absolute atomic E-state index is 12.4. The van der Waals surface area contributed by atoms with Gasteiger partial charge in [-0.2, -0.15) is 0 Å². The third kappa shape index (κ3) is 3.96. The third-order valence-corrected chi connectivity index (χ3v) is 4.91. The minimum atomic E-state index is -3.64. The van der Waals surface area contributed by atoms with Crippen molar-refractivity contribution in [3.8, 4) is 11.1 Å². The average Bonchev–Trinajstić information content (AvgIpc) is 2.97. The maximum Gasteiger partial charge on any atom is 0.245 e. The fraction of sp³-hybridized carbons (Fsp3) is 0.118. The van der Waals surface area contributed by atoms with Crippen molar-refractivity contribution in [1.29, 1.82) is 0 Å². The normalized spacial score (nSPS) is 11.4. The lowest BCUT2D eigenvalue weighted by molar-refractivity contribution is 0.435. The van der Waals surface area contributed by atoms with Crippen molar-refractivity contribution < 1.29 is 12.9 Å². The summed E-state index contributed by atoms with van der Waals surface area (Å²) in [6.45, 7) is 1.98. The first-order valence-electron chi connectivity index (χ1n) is 7.19. The predicted octanol–water partition coefficient (Wildman–Crippen LogP) is 4.25. The Morgan fingerprint density at radius 2 is 1.75 bits per heavy atom. The Kier molecular flexibility index (Phi) is 4.59. The van der Waals surface area contributed by atoms with Crippen LogP contribution >= 0.6 is 11.6 Å². The summed E-state index contributed by atoms with van der Waals surface area (Å²) in [5.74, 6) is -0.0779. The van der Waals surface area contributed by atoms with Crippen molar-refractivity contribution in [2.75, 3.05) is 4.72 Å². The van der Waals surface area contributed by atoms with Gasteiger partial charge in [0, 0.05) is 5.02 Å². The highest BCUT2D eigenvalue weighted by Gasteiger charge is 2.18. The van der Waals surface area contributed by atoms with Gasteiger partial charge >= 0.3 is 0 Å². The molecule has 0 aliphatic carbocycles. The van der Waals surface area contributed by atoms with Gasteiger partial charge in [0.25, 0.3) is 0 Å². The molecule has 0 fully saturated rings. The molecule has 0 spiro atoms. The second kappa shape index (κ2) is 6.67. The lowest BCUT2D eigenvalue weighted by Crippen LogP contribution is -2.15. The summed E-state index contributed by atoms with van der Waals surface area (Å²) in [6, 6.07) is 14.3. The average molecular weight is 363 g/mol. The van der Waals surface area contributed by atoms with Crippen molar-refractivity contribution in [3.05, 3.63) is 70.9 Å². The van der Waals surface area contributed by atoms with E-state index in [9.17, 15) is 8.42 Å². The van der Waals surface area contributed by atoms with Crippen LogP contribution in [0.4, 0.5) is 5.88 Å². The topological polar surface area (TPSA) is 72.2 Å². The van der Waals surface area contributed by atoms with Crippen LogP contribution in [0, 0.1) is 6.92 Å². The van der Waals surface area contributed by atoms with Crippen LogP contribution in [0.3, 0.4) is 0 Å². The van der Waals surface area contributed by atoms with Crippen molar-refractivity contribution in [3.63, 3.8) is 0 Å². The predicted molar refractivity (Wildman–Crippen MR) is 94.4 cm³/mol. The molecule has 5 nitrogen and oxygen atoms in total. The number of sulfonamides is 1. The molecule has 1 aromatic heterocycles. The van der Waals surface area contributed by atoms with Gasteiger partial charge in [-0.05, 0) is 30.2 Å². The summed E-state index contributed by atoms with van der Waals surface area (Å²) < 4.78 is 32.2. The van der Waals surface area contributed by atoms with Gasteiger partial charge in [-0.15, -0.1) is 0 Å². The van der Waals surface area contributed by atoms with E-state index in [0.29, 0.717) is 16.1 Å². The number of benzene rings is 2. The molecule has 2 aromatic carbocycles. The zero-order valence-electron chi connectivity index (χ0n) is 12.9. The Bertz CT molecular complexity index is 933. The molecule has 0 unspecified atom stereocenters. The minimum Gasteiger partial charge on any atom is -0.337 e. The molecule has 24 heavy (non-hydrogen) atoms. The summed E-state index contributed by atoms with van der Waals surface area (Å²) in [4.78, 5) is 0. The van der Waals surface area contributed by atoms with Crippen LogP contribution in [-0.4, -0.2) is 13.6 Å². The van der Waals surface area contributed by atoms with Gasteiger partial charge in [-0.3, -0.25) is 4.72 Å². The zero-order valence-corrected chi connectivity index (χ0v) is 14.4. The first-order valence-corrected chi connectivity index (χ1v) is 9.23. The number of aryl methyl sites for hydroxylation is 1. The SMILES string of the molecule is Cc1ccc(-c2cnoc2NS(=O)(=O)Cc2ccc(Cl)cc2)cc1. The van der Waals surface area contributed by atoms with Crippen molar-refractivity contribution >= 4 is 27.5 Å². The fourth-order valence-electron chi connectivity index (χ4n) is 2.23. The van der Waals surface area contributed by atoms with Crippen LogP contribution in [0.25, 0.3) is 11.1 Å². The molecule has 0 radical (unpaired) electrons. The van der Waals surface area contributed by atoms with Crippen LogP contribution in [0.2, 0.25) is 5.02 Å². The number of halogens is 1. The van der Waals surface area contributed by atoms with Crippen molar-refractivity contribution in [1.82, 2.24) is 5.16 Å². The molecular weight excluding hydrogens is 348 g/mol. The molecule has 0 aliphatic heterocycles. The molecule has 124 valence electrons. The number of hydrogen-bond donors (Lipinski definition) is 1. The van der Waals surface area contributed by atoms with Crippen LogP contribution in [-0.2, 0) is 15.8 Å². The van der Waals surface area contributed by atoms with E-state index in [4.69, 9.17) is 16.1 Å². The first-order chi connectivity index (χ1) is 11.4. The first kappa shape index (κ1) is 16.5. The Labute approximate surface area is 145 Å². The van der Waals surface area contributed by atoms with E-state index in [2.05, 4.69) is 9.88 Å². The molecule has 0 bridgehead atoms. The van der Waals surface area contributed by atoms with Gasteiger partial charge in [0.05, 0.1) is 17.5 Å². The second-order valence-corrected chi connectivity index (χ2v) is 7.58. The summed E-state index contributed by atoms with van der Waals surface area (Å²) in [5, 5.41) is 4.26. The van der Waals surface area contributed by atoms with E-state index >= 15 is 0 Å². The van der Waals surface area contributed by atoms with Crippen LogP contribution in [0.15, 0.2) is 59.3 Å². The summed E-state index contributed by atoms with van der Waals surface area (Å²) in [5.41, 5.74) is 3.16. The van der Waals surface area contributed by atoms with Gasteiger partial charge < -0.3 is 4.52 Å². The highest BCUT2D eigenvalue weighted by Crippen LogP contribution is 2.29. The van der Waals surface area contributed by atoms with E-state index in [1.54, 1.807) is 24.3 Å². The lowest BCUT2D eigenvalue weighted by atomic mass is 10.1. The van der Waals surface area contributed by atoms with E-state index in [0.717, 1.165) is 11.1 Å². The summed E-state index contributed by atoms with van der Waals surface area (Å²) in [7, 11) is -3.64.